The van der Waals surface area contributed by atoms with E-state index in [0.29, 0.717) is 5.82 Å². The van der Waals surface area contributed by atoms with Crippen molar-refractivity contribution in [3.8, 4) is 6.07 Å². The van der Waals surface area contributed by atoms with Crippen LogP contribution in [-0.4, -0.2) is 46.7 Å². The van der Waals surface area contributed by atoms with Crippen molar-refractivity contribution in [3.05, 3.63) is 22.7 Å². The number of anilines is 1. The Labute approximate surface area is 125 Å². The van der Waals surface area contributed by atoms with Crippen molar-refractivity contribution in [1.29, 1.82) is 5.26 Å². The summed E-state index contributed by atoms with van der Waals surface area (Å²) in [5, 5.41) is 8.97. The zero-order chi connectivity index (χ0) is 15.6. The second-order valence-corrected chi connectivity index (χ2v) is 6.42. The molecule has 0 aromatic carbocycles. The predicted molar refractivity (Wildman–Crippen MR) is 82.4 cm³/mol. The Kier molecular flexibility index (Phi) is 4.33. The van der Waals surface area contributed by atoms with Crippen LogP contribution in [0.15, 0.2) is 17.2 Å². The third-order valence-electron chi connectivity index (χ3n) is 3.89. The number of piperazine rings is 1. The molecule has 0 saturated carbocycles. The first-order chi connectivity index (χ1) is 9.84. The lowest BCUT2D eigenvalue weighted by Gasteiger charge is -2.36. The summed E-state index contributed by atoms with van der Waals surface area (Å²) < 4.78 is 1.72. The highest BCUT2D eigenvalue weighted by Crippen LogP contribution is 2.14. The standard InChI is InChI=1S/C15H23N5O/c1-12(11-16)18-7-9-19(10-8-18)13-14(21)20(6-5-17-13)15(2,3)4/h5-6,12H,7-10H2,1-4H3. The van der Waals surface area contributed by atoms with Gasteiger partial charge >= 0.3 is 0 Å². The highest BCUT2D eigenvalue weighted by Gasteiger charge is 2.25. The fourth-order valence-corrected chi connectivity index (χ4v) is 2.55. The van der Waals surface area contributed by atoms with Gasteiger partial charge in [-0.25, -0.2) is 4.98 Å². The van der Waals surface area contributed by atoms with E-state index in [0.717, 1.165) is 26.2 Å². The van der Waals surface area contributed by atoms with Crippen LogP contribution >= 0.6 is 0 Å². The summed E-state index contributed by atoms with van der Waals surface area (Å²) in [5.74, 6) is 0.511. The second kappa shape index (κ2) is 5.86. The van der Waals surface area contributed by atoms with E-state index in [1.54, 1.807) is 17.0 Å². The van der Waals surface area contributed by atoms with Crippen molar-refractivity contribution in [2.24, 2.45) is 0 Å². The molecule has 0 radical (unpaired) electrons. The number of nitrogens with zero attached hydrogens (tertiary/aromatic N) is 5. The molecular weight excluding hydrogens is 266 g/mol. The second-order valence-electron chi connectivity index (χ2n) is 6.42. The van der Waals surface area contributed by atoms with Gasteiger partial charge in [0.15, 0.2) is 5.82 Å². The van der Waals surface area contributed by atoms with Crippen molar-refractivity contribution < 1.29 is 0 Å². The molecule has 114 valence electrons. The third-order valence-corrected chi connectivity index (χ3v) is 3.89. The lowest BCUT2D eigenvalue weighted by atomic mass is 10.1. The molecule has 21 heavy (non-hydrogen) atoms. The van der Waals surface area contributed by atoms with E-state index in [1.807, 2.05) is 32.6 Å². The summed E-state index contributed by atoms with van der Waals surface area (Å²) in [7, 11) is 0. The van der Waals surface area contributed by atoms with Gasteiger partial charge in [-0.3, -0.25) is 9.69 Å². The Hall–Kier alpha value is -1.87. The van der Waals surface area contributed by atoms with Crippen LogP contribution in [0.4, 0.5) is 5.82 Å². The van der Waals surface area contributed by atoms with Crippen molar-refractivity contribution in [2.45, 2.75) is 39.3 Å². The maximum Gasteiger partial charge on any atom is 0.293 e. The number of rotatable bonds is 2. The number of nitriles is 1. The minimum atomic E-state index is -0.258. The molecular formula is C15H23N5O. The maximum absolute atomic E-state index is 12.6. The Morgan fingerprint density at radius 1 is 1.29 bits per heavy atom. The summed E-state index contributed by atoms with van der Waals surface area (Å²) in [6.07, 6.45) is 3.42. The SMILES string of the molecule is CC(C#N)N1CCN(c2nccn(C(C)(C)C)c2=O)CC1. The van der Waals surface area contributed by atoms with Crippen LogP contribution in [0.2, 0.25) is 0 Å². The molecule has 1 aliphatic heterocycles. The highest BCUT2D eigenvalue weighted by molar-refractivity contribution is 5.36. The van der Waals surface area contributed by atoms with Crippen LogP contribution in [0.3, 0.4) is 0 Å². The molecule has 1 unspecified atom stereocenters. The molecule has 1 saturated heterocycles. The van der Waals surface area contributed by atoms with Crippen LogP contribution in [0, 0.1) is 11.3 Å². The fraction of sp³-hybridized carbons (Fsp3) is 0.667. The molecule has 2 heterocycles. The van der Waals surface area contributed by atoms with Gasteiger partial charge in [0.1, 0.15) is 0 Å². The van der Waals surface area contributed by atoms with Gasteiger partial charge in [0, 0.05) is 44.1 Å². The van der Waals surface area contributed by atoms with Crippen LogP contribution in [0.5, 0.6) is 0 Å². The molecule has 0 spiro atoms. The molecule has 6 heteroatoms. The normalized spacial score (nSPS) is 18.3. The number of hydrogen-bond donors (Lipinski definition) is 0. The summed E-state index contributed by atoms with van der Waals surface area (Å²) in [5.41, 5.74) is -0.307. The summed E-state index contributed by atoms with van der Waals surface area (Å²) in [6.45, 7) is 10.9. The third kappa shape index (κ3) is 3.24. The molecule has 1 atom stereocenters. The lowest BCUT2D eigenvalue weighted by molar-refractivity contribution is 0.230. The topological polar surface area (TPSA) is 65.2 Å². The van der Waals surface area contributed by atoms with Crippen molar-refractivity contribution in [3.63, 3.8) is 0 Å². The minimum Gasteiger partial charge on any atom is -0.349 e. The smallest absolute Gasteiger partial charge is 0.293 e. The Balaban J connectivity index is 2.19. The van der Waals surface area contributed by atoms with Crippen LogP contribution in [0.1, 0.15) is 27.7 Å². The first kappa shape index (κ1) is 15.5. The molecule has 1 aliphatic rings. The predicted octanol–water partition coefficient (Wildman–Crippen LogP) is 1.03. The van der Waals surface area contributed by atoms with E-state index in [9.17, 15) is 4.79 Å². The average Bonchev–Trinajstić information content (AvgIpc) is 2.45. The minimum absolute atomic E-state index is 0.0493. The molecule has 0 bridgehead atoms. The highest BCUT2D eigenvalue weighted by atomic mass is 16.1. The fourth-order valence-electron chi connectivity index (χ4n) is 2.55. The van der Waals surface area contributed by atoms with E-state index in [4.69, 9.17) is 5.26 Å². The monoisotopic (exact) mass is 289 g/mol. The molecule has 1 aromatic rings. The van der Waals surface area contributed by atoms with Gasteiger partial charge in [0.2, 0.25) is 0 Å². The van der Waals surface area contributed by atoms with Crippen molar-refractivity contribution in [1.82, 2.24) is 14.5 Å². The van der Waals surface area contributed by atoms with E-state index in [2.05, 4.69) is 16.0 Å². The van der Waals surface area contributed by atoms with E-state index in [1.165, 1.54) is 0 Å². The van der Waals surface area contributed by atoms with E-state index < -0.39 is 0 Å². The van der Waals surface area contributed by atoms with Gasteiger partial charge in [-0.05, 0) is 27.7 Å². The van der Waals surface area contributed by atoms with Gasteiger partial charge in [0.25, 0.3) is 5.56 Å². The first-order valence-electron chi connectivity index (χ1n) is 7.31. The van der Waals surface area contributed by atoms with Crippen molar-refractivity contribution in [2.75, 3.05) is 31.1 Å². The quantitative estimate of drug-likeness (QED) is 0.813. The van der Waals surface area contributed by atoms with Gasteiger partial charge in [0.05, 0.1) is 12.1 Å². The summed E-state index contributed by atoms with van der Waals surface area (Å²) in [6, 6.07) is 2.17. The number of aromatic nitrogens is 2. The largest absolute Gasteiger partial charge is 0.349 e. The maximum atomic E-state index is 12.6. The summed E-state index contributed by atoms with van der Waals surface area (Å²) in [4.78, 5) is 21.0. The molecule has 1 aromatic heterocycles. The molecule has 1 fully saturated rings. The van der Waals surface area contributed by atoms with E-state index in [-0.39, 0.29) is 17.1 Å². The average molecular weight is 289 g/mol. The Morgan fingerprint density at radius 2 is 1.90 bits per heavy atom. The molecule has 6 nitrogen and oxygen atoms in total. The molecule has 0 N–H and O–H groups in total. The summed E-state index contributed by atoms with van der Waals surface area (Å²) >= 11 is 0. The van der Waals surface area contributed by atoms with Crippen LogP contribution in [0.25, 0.3) is 0 Å². The molecule has 2 rings (SSSR count). The van der Waals surface area contributed by atoms with Gasteiger partial charge in [-0.2, -0.15) is 5.26 Å². The Bertz CT molecular complexity index is 587. The van der Waals surface area contributed by atoms with Crippen LogP contribution in [-0.2, 0) is 5.54 Å². The van der Waals surface area contributed by atoms with Crippen molar-refractivity contribution >= 4 is 5.82 Å². The van der Waals surface area contributed by atoms with Gasteiger partial charge in [-0.1, -0.05) is 0 Å². The first-order valence-corrected chi connectivity index (χ1v) is 7.31. The Morgan fingerprint density at radius 3 is 2.43 bits per heavy atom. The van der Waals surface area contributed by atoms with Crippen LogP contribution < -0.4 is 10.5 Å². The number of hydrogen-bond acceptors (Lipinski definition) is 5. The van der Waals surface area contributed by atoms with Gasteiger partial charge in [-0.15, -0.1) is 0 Å². The zero-order valence-electron chi connectivity index (χ0n) is 13.2. The molecule has 0 amide bonds. The molecule has 0 aliphatic carbocycles. The van der Waals surface area contributed by atoms with E-state index >= 15 is 0 Å². The lowest BCUT2D eigenvalue weighted by Crippen LogP contribution is -2.51. The zero-order valence-corrected chi connectivity index (χ0v) is 13.2. The van der Waals surface area contributed by atoms with Gasteiger partial charge < -0.3 is 9.47 Å².